The van der Waals surface area contributed by atoms with E-state index in [1.165, 1.54) is 0 Å². The Morgan fingerprint density at radius 2 is 1.58 bits per heavy atom. The maximum Gasteiger partial charge on any atom is 0.407 e. The number of hydrogen-bond donors (Lipinski definition) is 3. The van der Waals surface area contributed by atoms with Gasteiger partial charge in [-0.25, -0.2) is 9.78 Å². The minimum absolute atomic E-state index is 0.0415. The van der Waals surface area contributed by atoms with Crippen molar-refractivity contribution >= 4 is 51.9 Å². The summed E-state index contributed by atoms with van der Waals surface area (Å²) >= 11 is 13.1. The van der Waals surface area contributed by atoms with E-state index in [-0.39, 0.29) is 19.1 Å². The molecule has 0 atom stereocenters. The molecule has 13 nitrogen and oxygen atoms in total. The van der Waals surface area contributed by atoms with Crippen LogP contribution in [0.25, 0.3) is 22.0 Å². The van der Waals surface area contributed by atoms with Crippen molar-refractivity contribution in [3.8, 4) is 11.1 Å². The number of aromatic nitrogens is 2. The van der Waals surface area contributed by atoms with Crippen molar-refractivity contribution < 1.29 is 38.0 Å². The summed E-state index contributed by atoms with van der Waals surface area (Å²) in [5.74, 6) is 0.322. The van der Waals surface area contributed by atoms with Gasteiger partial charge in [-0.3, -0.25) is 4.79 Å². The van der Waals surface area contributed by atoms with E-state index in [0.717, 1.165) is 33.3 Å². The lowest BCUT2D eigenvalue weighted by Gasteiger charge is -2.27. The van der Waals surface area contributed by atoms with Crippen molar-refractivity contribution in [3.63, 3.8) is 0 Å². The maximum atomic E-state index is 13.0. The normalized spacial score (nSPS) is 13.1. The van der Waals surface area contributed by atoms with Crippen molar-refractivity contribution in [2.45, 2.75) is 39.3 Å². The third kappa shape index (κ3) is 11.5. The third-order valence-corrected chi connectivity index (χ3v) is 8.01. The minimum Gasteiger partial charge on any atom is -0.444 e. The van der Waals surface area contributed by atoms with Crippen LogP contribution in [0.1, 0.15) is 32.0 Å². The average Bonchev–Trinajstić information content (AvgIpc) is 3.43. The smallest absolute Gasteiger partial charge is 0.407 e. The van der Waals surface area contributed by atoms with Crippen molar-refractivity contribution in [2.75, 3.05) is 84.9 Å². The minimum atomic E-state index is -0.527. The number of carbonyl (C=O) groups is 2. The van der Waals surface area contributed by atoms with Crippen LogP contribution in [0.2, 0.25) is 10.0 Å². The Morgan fingerprint density at radius 3 is 2.19 bits per heavy atom. The number of nitrogens with two attached hydrogens (primary N) is 1. The second-order valence-corrected chi connectivity index (χ2v) is 12.8. The highest BCUT2D eigenvalue weighted by Gasteiger charge is 2.27. The van der Waals surface area contributed by atoms with E-state index in [2.05, 4.69) is 15.3 Å². The van der Waals surface area contributed by atoms with Crippen molar-refractivity contribution in [3.05, 3.63) is 45.7 Å². The molecule has 2 aromatic heterocycles. The second kappa shape index (κ2) is 18.6. The zero-order valence-electron chi connectivity index (χ0n) is 27.7. The van der Waals surface area contributed by atoms with Gasteiger partial charge in [0.1, 0.15) is 18.0 Å². The molecule has 48 heavy (non-hydrogen) atoms. The molecule has 0 bridgehead atoms. The van der Waals surface area contributed by atoms with E-state index >= 15 is 0 Å². The van der Waals surface area contributed by atoms with Crippen molar-refractivity contribution in [1.82, 2.24) is 20.2 Å². The van der Waals surface area contributed by atoms with Crippen LogP contribution >= 0.6 is 23.2 Å². The number of pyridine rings is 1. The van der Waals surface area contributed by atoms with Gasteiger partial charge < -0.3 is 49.4 Å². The monoisotopic (exact) mass is 709 g/mol. The lowest BCUT2D eigenvalue weighted by Crippen LogP contribution is -2.38. The number of nitrogen functional groups attached to an aromatic ring is 1. The van der Waals surface area contributed by atoms with Crippen LogP contribution in [0.5, 0.6) is 0 Å². The first-order valence-corrected chi connectivity index (χ1v) is 16.7. The van der Waals surface area contributed by atoms with Gasteiger partial charge in [0.2, 0.25) is 5.91 Å². The summed E-state index contributed by atoms with van der Waals surface area (Å²) in [4.78, 5) is 34.0. The summed E-state index contributed by atoms with van der Waals surface area (Å²) in [6, 6.07) is 5.45. The predicted molar refractivity (Wildman–Crippen MR) is 183 cm³/mol. The van der Waals surface area contributed by atoms with Crippen molar-refractivity contribution in [2.24, 2.45) is 0 Å². The van der Waals surface area contributed by atoms with Gasteiger partial charge in [0.15, 0.2) is 0 Å². The quantitative estimate of drug-likeness (QED) is 0.159. The lowest BCUT2D eigenvalue weighted by molar-refractivity contribution is -0.137. The predicted octanol–water partition coefficient (Wildman–Crippen LogP) is 4.61. The molecule has 0 spiro atoms. The number of nitrogens with one attached hydrogen (secondary N) is 2. The summed E-state index contributed by atoms with van der Waals surface area (Å²) in [5.41, 5.74) is 9.77. The molecule has 3 heterocycles. The summed E-state index contributed by atoms with van der Waals surface area (Å²) < 4.78 is 32.6. The molecule has 0 aliphatic carbocycles. The van der Waals surface area contributed by atoms with Gasteiger partial charge >= 0.3 is 6.09 Å². The van der Waals surface area contributed by atoms with Gasteiger partial charge in [-0.1, -0.05) is 23.2 Å². The van der Waals surface area contributed by atoms with Gasteiger partial charge in [-0.15, -0.1) is 0 Å². The van der Waals surface area contributed by atoms with Gasteiger partial charge in [-0.05, 0) is 44.5 Å². The Labute approximate surface area is 290 Å². The van der Waals surface area contributed by atoms with E-state index in [1.54, 1.807) is 17.2 Å². The number of carbonyl (C=O) groups excluding carboxylic acids is 2. The van der Waals surface area contributed by atoms with Gasteiger partial charge in [0, 0.05) is 54.5 Å². The number of rotatable bonds is 18. The summed E-state index contributed by atoms with van der Waals surface area (Å²) in [6.45, 7) is 10.2. The molecule has 0 fully saturated rings. The average molecular weight is 711 g/mol. The second-order valence-electron chi connectivity index (χ2n) is 12.0. The van der Waals surface area contributed by atoms with Gasteiger partial charge in [0.05, 0.1) is 75.0 Å². The molecule has 4 rings (SSSR count). The molecule has 0 saturated carbocycles. The number of anilines is 1. The molecule has 0 radical (unpaired) electrons. The van der Waals surface area contributed by atoms with E-state index in [0.29, 0.717) is 94.8 Å². The van der Waals surface area contributed by atoms with Crippen molar-refractivity contribution in [1.29, 1.82) is 0 Å². The Kier molecular flexibility index (Phi) is 14.6. The van der Waals surface area contributed by atoms with Crippen LogP contribution in [0.4, 0.5) is 10.6 Å². The van der Waals surface area contributed by atoms with E-state index < -0.39 is 11.7 Å². The molecule has 1 aromatic carbocycles. The van der Waals surface area contributed by atoms with E-state index in [1.807, 2.05) is 32.9 Å². The molecule has 4 N–H and O–H groups in total. The van der Waals surface area contributed by atoms with Crippen LogP contribution in [0, 0.1) is 0 Å². The Hall–Kier alpha value is -3.17. The van der Waals surface area contributed by atoms with Crippen LogP contribution in [0.15, 0.2) is 24.4 Å². The van der Waals surface area contributed by atoms with Crippen LogP contribution in [-0.4, -0.2) is 112 Å². The number of hydrogen-bond acceptors (Lipinski definition) is 10. The summed E-state index contributed by atoms with van der Waals surface area (Å²) in [7, 11) is 0. The molecule has 3 aromatic rings. The number of aromatic amines is 1. The topological polar surface area (TPSA) is 159 Å². The van der Waals surface area contributed by atoms with Crippen LogP contribution in [0.3, 0.4) is 0 Å². The first-order chi connectivity index (χ1) is 23.0. The molecule has 1 aliphatic heterocycles. The number of amides is 2. The zero-order chi connectivity index (χ0) is 34.5. The fourth-order valence-corrected chi connectivity index (χ4v) is 5.41. The molecule has 0 saturated heterocycles. The zero-order valence-corrected chi connectivity index (χ0v) is 29.2. The summed E-state index contributed by atoms with van der Waals surface area (Å²) in [6.07, 6.45) is 1.89. The van der Waals surface area contributed by atoms with Gasteiger partial charge in [-0.2, -0.15) is 0 Å². The fraction of sp³-hybridized carbons (Fsp3) is 0.545. The highest BCUT2D eigenvalue weighted by molar-refractivity contribution is 6.45. The van der Waals surface area contributed by atoms with Gasteiger partial charge in [0.25, 0.3) is 0 Å². The largest absolute Gasteiger partial charge is 0.444 e. The van der Waals surface area contributed by atoms with Crippen LogP contribution < -0.4 is 11.1 Å². The molecule has 1 aliphatic rings. The highest BCUT2D eigenvalue weighted by atomic mass is 35.5. The number of halogens is 2. The highest BCUT2D eigenvalue weighted by Crippen LogP contribution is 2.42. The number of alkyl carbamates (subject to hydrolysis) is 1. The fourth-order valence-electron chi connectivity index (χ4n) is 5.01. The number of benzene rings is 1. The third-order valence-electron chi connectivity index (χ3n) is 7.22. The van der Waals surface area contributed by atoms with E-state index in [9.17, 15) is 9.59 Å². The Morgan fingerprint density at radius 1 is 0.958 bits per heavy atom. The first-order valence-electron chi connectivity index (χ1n) is 15.9. The maximum absolute atomic E-state index is 13.0. The number of fused-ring (bicyclic) bond motifs is 3. The lowest BCUT2D eigenvalue weighted by atomic mass is 9.97. The van der Waals surface area contributed by atoms with E-state index in [4.69, 9.17) is 57.4 Å². The molecule has 264 valence electrons. The van der Waals surface area contributed by atoms with Crippen LogP contribution in [-0.2, 0) is 46.2 Å². The molecule has 2 amide bonds. The molecular formula is C33H45Cl2N5O8. The molecule has 0 unspecified atom stereocenters. The first kappa shape index (κ1) is 37.6. The SMILES string of the molecule is CC(C)(C)OC(=O)NCCOCCOCCOCCOCCOCC(=O)N1CCc2[nH]c3c(Cl)c(Cl)cc(-c4ccc(N)nc4)c3c2C1. The number of H-pyrrole nitrogens is 1. The molecular weight excluding hydrogens is 665 g/mol. The summed E-state index contributed by atoms with van der Waals surface area (Å²) in [5, 5.41) is 4.42. The Bertz CT molecular complexity index is 1500. The molecule has 15 heteroatoms. The Balaban J connectivity index is 1.05. The standard InChI is InChI=1S/C33H45Cl2N5O8/c1-33(2,3)48-32(42)37-7-9-43-10-11-44-12-13-45-14-15-46-16-17-47-21-28(41)40-8-6-26-24(20-40)29-23(22-4-5-27(36)38-19-22)18-25(34)30(35)31(29)39-26/h4-5,18-19,39H,6-17,20-21H2,1-3H3,(H2,36,38)(H,37,42). The number of ether oxygens (including phenoxy) is 6. The number of nitrogens with zero attached hydrogens (tertiary/aromatic N) is 2.